The summed E-state index contributed by atoms with van der Waals surface area (Å²) in [5, 5.41) is 6.86. The number of nitrogens with one attached hydrogen (secondary N) is 1. The third-order valence-corrected chi connectivity index (χ3v) is 6.86. The maximum Gasteiger partial charge on any atom is 0.251 e. The Hall–Kier alpha value is -3.20. The van der Waals surface area contributed by atoms with Gasteiger partial charge >= 0.3 is 0 Å². The lowest BCUT2D eigenvalue weighted by atomic mass is 9.95. The first-order valence-corrected chi connectivity index (χ1v) is 10.7. The number of aromatic nitrogens is 3. The quantitative estimate of drug-likeness (QED) is 0.663. The minimum atomic E-state index is -0.704. The van der Waals surface area contributed by atoms with E-state index in [4.69, 9.17) is 4.74 Å². The highest BCUT2D eigenvalue weighted by Gasteiger charge is 2.36. The molecule has 0 spiro atoms. The van der Waals surface area contributed by atoms with Crippen LogP contribution >= 0.6 is 11.8 Å². The second-order valence-corrected chi connectivity index (χ2v) is 8.48. The minimum absolute atomic E-state index is 0.0782. The summed E-state index contributed by atoms with van der Waals surface area (Å²) < 4.78 is 35.0. The molecule has 0 aliphatic carbocycles. The van der Waals surface area contributed by atoms with Crippen LogP contribution in [0.5, 0.6) is 5.75 Å². The summed E-state index contributed by atoms with van der Waals surface area (Å²) in [6.45, 7) is 0.523. The maximum atomic E-state index is 14.4. The van der Waals surface area contributed by atoms with Crippen LogP contribution in [0, 0.1) is 17.6 Å². The topological polar surface area (TPSA) is 69.0 Å². The molecule has 3 aromatic rings. The average Bonchev–Trinajstić information content (AvgIpc) is 3.37. The Morgan fingerprint density at radius 2 is 2.13 bits per heavy atom. The second kappa shape index (κ2) is 7.81. The molecule has 31 heavy (non-hydrogen) atoms. The molecule has 2 atom stereocenters. The fourth-order valence-electron chi connectivity index (χ4n) is 3.93. The van der Waals surface area contributed by atoms with E-state index in [1.165, 1.54) is 23.1 Å². The molecular weight excluding hydrogens is 422 g/mol. The van der Waals surface area contributed by atoms with Crippen molar-refractivity contribution in [2.75, 3.05) is 13.7 Å². The summed E-state index contributed by atoms with van der Waals surface area (Å²) >= 11 is 1.61. The van der Waals surface area contributed by atoms with Gasteiger partial charge in [-0.25, -0.2) is 18.4 Å². The number of thioether (sulfide) groups is 1. The minimum Gasteiger partial charge on any atom is -0.493 e. The molecule has 1 N–H and O–H groups in total. The van der Waals surface area contributed by atoms with Gasteiger partial charge in [0.15, 0.2) is 11.6 Å². The molecular formula is C22H18F2N4O2S. The normalized spacial score (nSPS) is 19.6. The van der Waals surface area contributed by atoms with Crippen molar-refractivity contribution in [1.82, 2.24) is 20.1 Å². The Labute approximate surface area is 181 Å². The highest BCUT2D eigenvalue weighted by Crippen LogP contribution is 2.55. The summed E-state index contributed by atoms with van der Waals surface area (Å²) in [7, 11) is 1.59. The van der Waals surface area contributed by atoms with Crippen LogP contribution in [0.25, 0.3) is 10.6 Å². The number of hydrogen-bond acceptors (Lipinski definition) is 5. The van der Waals surface area contributed by atoms with Crippen LogP contribution in [0.1, 0.15) is 33.4 Å². The van der Waals surface area contributed by atoms with Crippen molar-refractivity contribution in [3.05, 3.63) is 77.4 Å². The van der Waals surface area contributed by atoms with Gasteiger partial charge in [0.25, 0.3) is 5.91 Å². The molecule has 2 aliphatic heterocycles. The highest BCUT2D eigenvalue weighted by molar-refractivity contribution is 8.08. The van der Waals surface area contributed by atoms with Gasteiger partial charge in [-0.3, -0.25) is 4.79 Å². The van der Waals surface area contributed by atoms with E-state index in [2.05, 4.69) is 21.5 Å². The lowest BCUT2D eigenvalue weighted by molar-refractivity contribution is 0.0962. The summed E-state index contributed by atoms with van der Waals surface area (Å²) in [6, 6.07) is 8.87. The van der Waals surface area contributed by atoms with Crippen molar-refractivity contribution in [2.24, 2.45) is 5.92 Å². The van der Waals surface area contributed by atoms with E-state index in [1.54, 1.807) is 30.9 Å². The van der Waals surface area contributed by atoms with Crippen LogP contribution in [-0.2, 0) is 0 Å². The Morgan fingerprint density at radius 3 is 2.94 bits per heavy atom. The molecule has 0 bridgehead atoms. The zero-order chi connectivity index (χ0) is 21.5. The third kappa shape index (κ3) is 3.48. The van der Waals surface area contributed by atoms with Gasteiger partial charge < -0.3 is 10.1 Å². The van der Waals surface area contributed by atoms with Crippen LogP contribution in [-0.4, -0.2) is 34.3 Å². The lowest BCUT2D eigenvalue weighted by Crippen LogP contribution is -2.17. The predicted octanol–water partition coefficient (Wildman–Crippen LogP) is 4.13. The van der Waals surface area contributed by atoms with Crippen molar-refractivity contribution in [3.8, 4) is 11.4 Å². The zero-order valence-electron chi connectivity index (χ0n) is 16.5. The van der Waals surface area contributed by atoms with Gasteiger partial charge in [0, 0.05) is 34.4 Å². The van der Waals surface area contributed by atoms with Crippen LogP contribution in [0.3, 0.4) is 0 Å². The molecule has 3 heterocycles. The van der Waals surface area contributed by atoms with Gasteiger partial charge in [0.05, 0.1) is 6.61 Å². The number of carbonyl (C=O) groups excluding carboxylic acids is 1. The van der Waals surface area contributed by atoms with Crippen LogP contribution in [0.4, 0.5) is 8.78 Å². The lowest BCUT2D eigenvalue weighted by Gasteiger charge is -2.17. The molecule has 0 radical (unpaired) electrons. The molecule has 5 rings (SSSR count). The molecule has 158 valence electrons. The van der Waals surface area contributed by atoms with Gasteiger partial charge in [-0.05, 0) is 36.6 Å². The first kappa shape index (κ1) is 19.7. The number of amides is 1. The predicted molar refractivity (Wildman–Crippen MR) is 113 cm³/mol. The number of ether oxygens (including phenoxy) is 1. The van der Waals surface area contributed by atoms with Crippen LogP contribution in [0.2, 0.25) is 0 Å². The van der Waals surface area contributed by atoms with Crippen molar-refractivity contribution in [3.63, 3.8) is 0 Å². The van der Waals surface area contributed by atoms with E-state index >= 15 is 0 Å². The van der Waals surface area contributed by atoms with Gasteiger partial charge in [0.2, 0.25) is 0 Å². The summed E-state index contributed by atoms with van der Waals surface area (Å²) in [5.74, 6) is -0.123. The van der Waals surface area contributed by atoms with E-state index in [9.17, 15) is 13.6 Å². The Morgan fingerprint density at radius 1 is 1.26 bits per heavy atom. The van der Waals surface area contributed by atoms with Crippen molar-refractivity contribution < 1.29 is 18.3 Å². The van der Waals surface area contributed by atoms with E-state index < -0.39 is 11.6 Å². The van der Waals surface area contributed by atoms with E-state index in [1.807, 2.05) is 6.07 Å². The molecule has 9 heteroatoms. The van der Waals surface area contributed by atoms with Gasteiger partial charge in [-0.15, -0.1) is 11.8 Å². The number of benzene rings is 2. The van der Waals surface area contributed by atoms with Crippen molar-refractivity contribution >= 4 is 22.6 Å². The van der Waals surface area contributed by atoms with Gasteiger partial charge in [-0.1, -0.05) is 12.1 Å². The largest absolute Gasteiger partial charge is 0.493 e. The smallest absolute Gasteiger partial charge is 0.251 e. The number of carbonyl (C=O) groups is 1. The molecule has 0 fully saturated rings. The number of allylic oxidation sites excluding steroid dienone is 1. The van der Waals surface area contributed by atoms with E-state index in [0.717, 1.165) is 23.0 Å². The van der Waals surface area contributed by atoms with Crippen LogP contribution in [0.15, 0.2) is 48.8 Å². The molecule has 0 saturated heterocycles. The Balaban J connectivity index is 1.49. The number of nitrogens with zero attached hydrogens (tertiary/aromatic N) is 3. The third-order valence-electron chi connectivity index (χ3n) is 5.43. The fraction of sp³-hybridized carbons (Fsp3) is 0.227. The van der Waals surface area contributed by atoms with Gasteiger partial charge in [0.1, 0.15) is 23.6 Å². The molecule has 0 saturated carbocycles. The Bertz CT molecular complexity index is 1210. The number of halogens is 2. The summed E-state index contributed by atoms with van der Waals surface area (Å²) in [4.78, 5) is 17.2. The molecule has 2 aliphatic rings. The average molecular weight is 440 g/mol. The number of fused-ring (bicyclic) bond motifs is 3. The van der Waals surface area contributed by atoms with Crippen molar-refractivity contribution in [2.45, 2.75) is 11.7 Å². The first-order valence-electron chi connectivity index (χ1n) is 9.78. The first-order chi connectivity index (χ1) is 15.0. The number of hydrogen-bond donors (Lipinski definition) is 1. The second-order valence-electron chi connectivity index (χ2n) is 7.29. The molecule has 2 unspecified atom stereocenters. The molecule has 1 amide bonds. The highest BCUT2D eigenvalue weighted by atomic mass is 32.2. The van der Waals surface area contributed by atoms with Gasteiger partial charge in [-0.2, -0.15) is 5.10 Å². The van der Waals surface area contributed by atoms with Crippen LogP contribution < -0.4 is 10.1 Å². The standard InChI is InChI=1S/C22H18F2N4O2S/c1-25-22(29)13-2-4-15-18(8-13)30-7-6-12-9-19(31-20(12)15)21-26-11-27-28(21)17-5-3-14(23)10-16(17)24/h2-5,8-12,20H,6-7H2,1H3,(H,25,29). The fourth-order valence-corrected chi connectivity index (χ4v) is 5.41. The zero-order valence-corrected chi connectivity index (χ0v) is 17.3. The summed E-state index contributed by atoms with van der Waals surface area (Å²) in [5.41, 5.74) is 1.69. The molecule has 1 aromatic heterocycles. The van der Waals surface area contributed by atoms with Crippen molar-refractivity contribution in [1.29, 1.82) is 0 Å². The van der Waals surface area contributed by atoms with E-state index in [0.29, 0.717) is 23.7 Å². The maximum absolute atomic E-state index is 14.4. The number of rotatable bonds is 3. The SMILES string of the molecule is CNC(=O)c1ccc2c(c1)OCCC1C=C(c3ncnn3-c3ccc(F)cc3F)SC21. The molecule has 6 nitrogen and oxygen atoms in total. The monoisotopic (exact) mass is 440 g/mol. The molecule has 2 aromatic carbocycles. The Kier molecular flexibility index (Phi) is 4.97. The van der Waals surface area contributed by atoms with E-state index in [-0.39, 0.29) is 22.8 Å². The summed E-state index contributed by atoms with van der Waals surface area (Å²) in [6.07, 6.45) is 4.27.